The fourth-order valence-corrected chi connectivity index (χ4v) is 4.09. The number of likely N-dealkylation sites (tertiary alicyclic amines) is 1. The van der Waals surface area contributed by atoms with Crippen molar-refractivity contribution in [2.75, 3.05) is 32.8 Å². The Labute approximate surface area is 176 Å². The third-order valence-electron chi connectivity index (χ3n) is 5.26. The molecule has 2 aliphatic heterocycles. The van der Waals surface area contributed by atoms with Crippen molar-refractivity contribution < 1.29 is 14.3 Å². The summed E-state index contributed by atoms with van der Waals surface area (Å²) in [4.78, 5) is 15.0. The van der Waals surface area contributed by atoms with E-state index in [0.717, 1.165) is 30.8 Å². The number of nitrogens with one attached hydrogen (secondary N) is 2. The lowest BCUT2D eigenvalue weighted by atomic mass is 10.1. The molecule has 2 amide bonds. The Morgan fingerprint density at radius 1 is 1.10 bits per heavy atom. The molecule has 0 saturated carbocycles. The largest absolute Gasteiger partial charge is 0.486 e. The molecule has 2 aromatic carbocycles. The minimum Gasteiger partial charge on any atom is -0.486 e. The second kappa shape index (κ2) is 9.37. The molecular weight excluding hydrogens is 390 g/mol. The predicted octanol–water partition coefficient (Wildman–Crippen LogP) is 3.75. The van der Waals surface area contributed by atoms with Crippen molar-refractivity contribution in [1.82, 2.24) is 15.5 Å². The van der Waals surface area contributed by atoms with E-state index in [1.54, 1.807) is 6.07 Å². The van der Waals surface area contributed by atoms with E-state index >= 15 is 0 Å². The molecule has 1 fully saturated rings. The highest BCUT2D eigenvalue weighted by atomic mass is 35.5. The molecule has 0 bridgehead atoms. The first kappa shape index (κ1) is 19.9. The number of urea groups is 1. The first-order chi connectivity index (χ1) is 14.2. The molecule has 1 unspecified atom stereocenters. The highest BCUT2D eigenvalue weighted by Crippen LogP contribution is 2.38. The molecule has 2 aliphatic rings. The van der Waals surface area contributed by atoms with Gasteiger partial charge in [-0.25, -0.2) is 4.79 Å². The number of amides is 2. The van der Waals surface area contributed by atoms with Gasteiger partial charge in [0.15, 0.2) is 11.5 Å². The lowest BCUT2D eigenvalue weighted by molar-refractivity contribution is 0.171. The quantitative estimate of drug-likeness (QED) is 0.754. The maximum Gasteiger partial charge on any atom is 0.315 e. The summed E-state index contributed by atoms with van der Waals surface area (Å²) in [5.74, 6) is 1.19. The number of ether oxygens (including phenoxy) is 2. The minimum atomic E-state index is -0.205. The summed E-state index contributed by atoms with van der Waals surface area (Å²) in [7, 11) is 0. The summed E-state index contributed by atoms with van der Waals surface area (Å²) in [6.07, 6.45) is 2.44. The van der Waals surface area contributed by atoms with E-state index in [9.17, 15) is 4.79 Å². The van der Waals surface area contributed by atoms with Gasteiger partial charge in [0, 0.05) is 13.1 Å². The SMILES string of the molecule is O=C(NCc1cc(Cl)c2c(c1)OCCO2)NC(CN1CCCC1)c1ccccc1. The number of rotatable bonds is 6. The summed E-state index contributed by atoms with van der Waals surface area (Å²) < 4.78 is 11.1. The number of carbonyl (C=O) groups is 1. The van der Waals surface area contributed by atoms with E-state index in [-0.39, 0.29) is 12.1 Å². The Hall–Kier alpha value is -2.44. The van der Waals surface area contributed by atoms with Gasteiger partial charge >= 0.3 is 6.03 Å². The van der Waals surface area contributed by atoms with Gasteiger partial charge in [0.2, 0.25) is 0 Å². The predicted molar refractivity (Wildman–Crippen MR) is 113 cm³/mol. The molecule has 2 aromatic rings. The zero-order chi connectivity index (χ0) is 20.1. The molecule has 0 aromatic heterocycles. The fraction of sp³-hybridized carbons (Fsp3) is 0.409. The molecule has 29 heavy (non-hydrogen) atoms. The van der Waals surface area contributed by atoms with Crippen molar-refractivity contribution >= 4 is 17.6 Å². The molecule has 1 saturated heterocycles. The summed E-state index contributed by atoms with van der Waals surface area (Å²) in [5.41, 5.74) is 1.97. The molecule has 0 radical (unpaired) electrons. The van der Waals surface area contributed by atoms with E-state index in [1.807, 2.05) is 24.3 Å². The summed E-state index contributed by atoms with van der Waals surface area (Å²) in [5, 5.41) is 6.56. The van der Waals surface area contributed by atoms with E-state index in [4.69, 9.17) is 21.1 Å². The first-order valence-electron chi connectivity index (χ1n) is 10.1. The molecule has 2 N–H and O–H groups in total. The number of benzene rings is 2. The Kier molecular flexibility index (Phi) is 6.42. The van der Waals surface area contributed by atoms with E-state index < -0.39 is 0 Å². The van der Waals surface area contributed by atoms with Crippen molar-refractivity contribution in [3.05, 3.63) is 58.6 Å². The van der Waals surface area contributed by atoms with Crippen LogP contribution in [0.4, 0.5) is 4.79 Å². The van der Waals surface area contributed by atoms with Gasteiger partial charge in [-0.05, 0) is 49.2 Å². The van der Waals surface area contributed by atoms with Crippen molar-refractivity contribution in [2.45, 2.75) is 25.4 Å². The van der Waals surface area contributed by atoms with Crippen molar-refractivity contribution in [3.63, 3.8) is 0 Å². The lowest BCUT2D eigenvalue weighted by Gasteiger charge is -2.25. The average molecular weight is 416 g/mol. The maximum absolute atomic E-state index is 12.6. The third kappa shape index (κ3) is 5.14. The second-order valence-corrected chi connectivity index (χ2v) is 7.81. The minimum absolute atomic E-state index is 0.0573. The van der Waals surface area contributed by atoms with Gasteiger partial charge in [-0.1, -0.05) is 41.9 Å². The normalized spacial score (nSPS) is 17.0. The number of nitrogens with zero attached hydrogens (tertiary/aromatic N) is 1. The lowest BCUT2D eigenvalue weighted by Crippen LogP contribution is -2.42. The van der Waals surface area contributed by atoms with E-state index in [2.05, 4.69) is 27.7 Å². The fourth-order valence-electron chi connectivity index (χ4n) is 3.80. The van der Waals surface area contributed by atoms with Crippen molar-refractivity contribution in [2.24, 2.45) is 0 Å². The van der Waals surface area contributed by atoms with E-state index in [0.29, 0.717) is 36.3 Å². The van der Waals surface area contributed by atoms with Crippen LogP contribution in [0.1, 0.15) is 30.0 Å². The van der Waals surface area contributed by atoms with Gasteiger partial charge in [0.25, 0.3) is 0 Å². The van der Waals surface area contributed by atoms with Crippen LogP contribution < -0.4 is 20.1 Å². The van der Waals surface area contributed by atoms with E-state index in [1.165, 1.54) is 12.8 Å². The Bertz CT molecular complexity index is 841. The van der Waals surface area contributed by atoms with Gasteiger partial charge in [-0.2, -0.15) is 0 Å². The van der Waals surface area contributed by atoms with Crippen LogP contribution in [-0.2, 0) is 6.54 Å². The van der Waals surface area contributed by atoms with Crippen LogP contribution in [0.3, 0.4) is 0 Å². The first-order valence-corrected chi connectivity index (χ1v) is 10.5. The molecule has 1 atom stereocenters. The van der Waals surface area contributed by atoms with Gasteiger partial charge in [0.1, 0.15) is 13.2 Å². The molecule has 154 valence electrons. The molecular formula is C22H26ClN3O3. The molecule has 7 heteroatoms. The number of carbonyl (C=O) groups excluding carboxylic acids is 1. The second-order valence-electron chi connectivity index (χ2n) is 7.40. The monoisotopic (exact) mass is 415 g/mol. The van der Waals surface area contributed by atoms with Crippen molar-refractivity contribution in [3.8, 4) is 11.5 Å². The van der Waals surface area contributed by atoms with Crippen LogP contribution >= 0.6 is 11.6 Å². The molecule has 4 rings (SSSR count). The summed E-state index contributed by atoms with van der Waals surface area (Å²) in [6, 6.07) is 13.5. The maximum atomic E-state index is 12.6. The van der Waals surface area contributed by atoms with Crippen LogP contribution in [0.25, 0.3) is 0 Å². The van der Waals surface area contributed by atoms with Crippen LogP contribution in [0, 0.1) is 0 Å². The number of halogens is 1. The number of hydrogen-bond acceptors (Lipinski definition) is 4. The van der Waals surface area contributed by atoms with Gasteiger partial charge in [-0.3, -0.25) is 0 Å². The standard InChI is InChI=1S/C22H26ClN3O3/c23-18-12-16(13-20-21(18)29-11-10-28-20)14-24-22(27)25-19(15-26-8-4-5-9-26)17-6-2-1-3-7-17/h1-3,6-7,12-13,19H,4-5,8-11,14-15H2,(H2,24,25,27). The Balaban J connectivity index is 1.38. The van der Waals surface area contributed by atoms with Crippen molar-refractivity contribution in [1.29, 1.82) is 0 Å². The average Bonchev–Trinajstić information content (AvgIpc) is 3.26. The highest BCUT2D eigenvalue weighted by molar-refractivity contribution is 6.32. The topological polar surface area (TPSA) is 62.8 Å². The molecule has 0 spiro atoms. The van der Waals surface area contributed by atoms with Gasteiger partial charge in [-0.15, -0.1) is 0 Å². The third-order valence-corrected chi connectivity index (χ3v) is 5.54. The number of hydrogen-bond donors (Lipinski definition) is 2. The summed E-state index contributed by atoms with van der Waals surface area (Å²) >= 11 is 6.28. The van der Waals surface area contributed by atoms with Crippen LogP contribution in [0.5, 0.6) is 11.5 Å². The summed E-state index contributed by atoms with van der Waals surface area (Å²) in [6.45, 7) is 4.33. The number of fused-ring (bicyclic) bond motifs is 1. The van der Waals surface area contributed by atoms with Crippen LogP contribution in [-0.4, -0.2) is 43.8 Å². The molecule has 6 nitrogen and oxygen atoms in total. The van der Waals surface area contributed by atoms with Crippen LogP contribution in [0.2, 0.25) is 5.02 Å². The smallest absolute Gasteiger partial charge is 0.315 e. The van der Waals surface area contributed by atoms with Gasteiger partial charge < -0.3 is 25.0 Å². The molecule has 0 aliphatic carbocycles. The Morgan fingerprint density at radius 2 is 1.86 bits per heavy atom. The zero-order valence-electron chi connectivity index (χ0n) is 16.3. The molecule has 2 heterocycles. The Morgan fingerprint density at radius 3 is 2.66 bits per heavy atom. The van der Waals surface area contributed by atoms with Gasteiger partial charge in [0.05, 0.1) is 11.1 Å². The van der Waals surface area contributed by atoms with Crippen LogP contribution in [0.15, 0.2) is 42.5 Å². The highest BCUT2D eigenvalue weighted by Gasteiger charge is 2.21. The zero-order valence-corrected chi connectivity index (χ0v) is 17.1.